The Bertz CT molecular complexity index is 804. The first-order chi connectivity index (χ1) is 10.2. The number of ether oxygens (including phenoxy) is 2. The summed E-state index contributed by atoms with van der Waals surface area (Å²) in [6.07, 6.45) is 0. The van der Waals surface area contributed by atoms with Crippen molar-refractivity contribution in [2.75, 3.05) is 13.2 Å². The molecule has 3 aromatic rings. The maximum absolute atomic E-state index is 13.1. The number of H-pyrrole nitrogens is 1. The number of fused-ring (bicyclic) bond motifs is 2. The van der Waals surface area contributed by atoms with E-state index in [-0.39, 0.29) is 5.82 Å². The molecule has 2 heterocycles. The summed E-state index contributed by atoms with van der Waals surface area (Å²) in [5, 5.41) is 0.311. The van der Waals surface area contributed by atoms with Crippen molar-refractivity contribution in [3.05, 3.63) is 41.2 Å². The molecule has 0 saturated heterocycles. The van der Waals surface area contributed by atoms with Crippen LogP contribution >= 0.6 is 11.6 Å². The fraction of sp³-hybridized carbons (Fsp3) is 0.133. The molecule has 21 heavy (non-hydrogen) atoms. The normalized spacial score (nSPS) is 13.6. The molecule has 4 nitrogen and oxygen atoms in total. The summed E-state index contributed by atoms with van der Waals surface area (Å²) in [6.45, 7) is 1.06. The number of hydrogen-bond acceptors (Lipinski definition) is 3. The van der Waals surface area contributed by atoms with Gasteiger partial charge in [0.15, 0.2) is 11.5 Å². The van der Waals surface area contributed by atoms with Crippen molar-refractivity contribution in [1.29, 1.82) is 0 Å². The minimum atomic E-state index is -0.378. The molecule has 1 aromatic heterocycles. The van der Waals surface area contributed by atoms with Crippen molar-refractivity contribution in [2.24, 2.45) is 0 Å². The van der Waals surface area contributed by atoms with E-state index in [0.29, 0.717) is 41.1 Å². The molecule has 0 atom stereocenters. The second-order valence-corrected chi connectivity index (χ2v) is 5.13. The molecular weight excluding hydrogens is 295 g/mol. The highest BCUT2D eigenvalue weighted by atomic mass is 35.5. The van der Waals surface area contributed by atoms with Crippen LogP contribution < -0.4 is 9.47 Å². The summed E-state index contributed by atoms with van der Waals surface area (Å²) in [5.74, 6) is 1.57. The predicted molar refractivity (Wildman–Crippen MR) is 77.5 cm³/mol. The number of hydrogen-bond donors (Lipinski definition) is 1. The predicted octanol–water partition coefficient (Wildman–Crippen LogP) is 3.79. The van der Waals surface area contributed by atoms with E-state index in [2.05, 4.69) is 9.97 Å². The number of nitrogens with one attached hydrogen (secondary N) is 1. The molecule has 1 N–H and O–H groups in total. The summed E-state index contributed by atoms with van der Waals surface area (Å²) in [7, 11) is 0. The quantitative estimate of drug-likeness (QED) is 0.744. The summed E-state index contributed by atoms with van der Waals surface area (Å²) < 4.78 is 24.2. The number of halogens is 2. The molecule has 2 aromatic carbocycles. The molecule has 0 saturated carbocycles. The van der Waals surface area contributed by atoms with Crippen LogP contribution in [0.3, 0.4) is 0 Å². The molecule has 1 aliphatic rings. The van der Waals surface area contributed by atoms with Crippen molar-refractivity contribution >= 4 is 22.6 Å². The van der Waals surface area contributed by atoms with Crippen LogP contribution in [0.5, 0.6) is 11.5 Å². The lowest BCUT2D eigenvalue weighted by Gasteiger charge is -2.17. The molecule has 6 heteroatoms. The number of nitrogens with zero attached hydrogens (tertiary/aromatic N) is 1. The topological polar surface area (TPSA) is 47.1 Å². The summed E-state index contributed by atoms with van der Waals surface area (Å²) in [4.78, 5) is 7.65. The highest BCUT2D eigenvalue weighted by molar-refractivity contribution is 6.33. The molecule has 0 aliphatic carbocycles. The van der Waals surface area contributed by atoms with Gasteiger partial charge in [0.25, 0.3) is 0 Å². The van der Waals surface area contributed by atoms with E-state index in [1.165, 1.54) is 12.1 Å². The van der Waals surface area contributed by atoms with Gasteiger partial charge in [-0.05, 0) is 18.2 Å². The van der Waals surface area contributed by atoms with E-state index < -0.39 is 0 Å². The maximum Gasteiger partial charge on any atom is 0.163 e. The van der Waals surface area contributed by atoms with Gasteiger partial charge in [-0.3, -0.25) is 0 Å². The highest BCUT2D eigenvalue weighted by Crippen LogP contribution is 2.35. The summed E-state index contributed by atoms with van der Waals surface area (Å²) in [6, 6.07) is 7.88. The van der Waals surface area contributed by atoms with E-state index in [4.69, 9.17) is 21.1 Å². The molecule has 0 bridgehead atoms. The van der Waals surface area contributed by atoms with Gasteiger partial charge in [-0.2, -0.15) is 0 Å². The Morgan fingerprint density at radius 2 is 1.86 bits per heavy atom. The molecule has 1 aliphatic heterocycles. The van der Waals surface area contributed by atoms with Crippen molar-refractivity contribution < 1.29 is 13.9 Å². The fourth-order valence-electron chi connectivity index (χ4n) is 2.36. The fourth-order valence-corrected chi connectivity index (χ4v) is 2.61. The Hall–Kier alpha value is -2.27. The van der Waals surface area contributed by atoms with E-state index in [0.717, 1.165) is 11.0 Å². The van der Waals surface area contributed by atoms with E-state index in [1.54, 1.807) is 6.07 Å². The second kappa shape index (κ2) is 4.63. The summed E-state index contributed by atoms with van der Waals surface area (Å²) in [5.41, 5.74) is 2.21. The van der Waals surface area contributed by atoms with Crippen molar-refractivity contribution in [2.45, 2.75) is 0 Å². The molecular formula is C15H10ClFN2O2. The molecule has 0 spiro atoms. The Kier molecular flexibility index (Phi) is 2.75. The first kappa shape index (κ1) is 12.5. The van der Waals surface area contributed by atoms with Crippen LogP contribution in [-0.4, -0.2) is 23.2 Å². The van der Waals surface area contributed by atoms with E-state index in [1.807, 2.05) is 12.1 Å². The Labute approximate surface area is 124 Å². The third-order valence-electron chi connectivity index (χ3n) is 3.33. The van der Waals surface area contributed by atoms with Gasteiger partial charge < -0.3 is 14.5 Å². The number of aromatic amines is 1. The molecule has 4 rings (SSSR count). The van der Waals surface area contributed by atoms with Gasteiger partial charge in [0.2, 0.25) is 0 Å². The van der Waals surface area contributed by atoms with Crippen LogP contribution in [0.15, 0.2) is 30.3 Å². The van der Waals surface area contributed by atoms with Gasteiger partial charge in [0.1, 0.15) is 24.9 Å². The molecule has 106 valence electrons. The Morgan fingerprint density at radius 3 is 2.62 bits per heavy atom. The van der Waals surface area contributed by atoms with Gasteiger partial charge in [-0.15, -0.1) is 0 Å². The number of rotatable bonds is 1. The number of imidazole rings is 1. The standard InChI is InChI=1S/C15H10ClFN2O2/c16-10-5-8(17)1-2-9(10)15-18-11-6-13-14(7-12(11)19-15)21-4-3-20-13/h1-2,5-7H,3-4H2,(H,18,19). The highest BCUT2D eigenvalue weighted by Gasteiger charge is 2.16. The number of benzene rings is 2. The molecule has 0 radical (unpaired) electrons. The largest absolute Gasteiger partial charge is 0.486 e. The Balaban J connectivity index is 1.86. The van der Waals surface area contributed by atoms with Gasteiger partial charge in [-0.1, -0.05) is 11.6 Å². The minimum absolute atomic E-state index is 0.311. The first-order valence-corrected chi connectivity index (χ1v) is 6.83. The lowest BCUT2D eigenvalue weighted by atomic mass is 10.2. The number of aromatic nitrogens is 2. The third kappa shape index (κ3) is 2.10. The SMILES string of the molecule is Fc1ccc(-c2nc3cc4c(cc3[nH]2)OCCO4)c(Cl)c1. The van der Waals surface area contributed by atoms with Gasteiger partial charge >= 0.3 is 0 Å². The van der Waals surface area contributed by atoms with Crippen LogP contribution in [0.2, 0.25) is 5.02 Å². The zero-order chi connectivity index (χ0) is 14.4. The molecule has 0 unspecified atom stereocenters. The van der Waals surface area contributed by atoms with Crippen LogP contribution in [0.1, 0.15) is 0 Å². The van der Waals surface area contributed by atoms with Crippen molar-refractivity contribution in [3.8, 4) is 22.9 Å². The average Bonchev–Trinajstić information content (AvgIpc) is 2.87. The van der Waals surface area contributed by atoms with Crippen molar-refractivity contribution in [3.63, 3.8) is 0 Å². The van der Waals surface area contributed by atoms with Crippen LogP contribution in [0, 0.1) is 5.82 Å². The smallest absolute Gasteiger partial charge is 0.163 e. The van der Waals surface area contributed by atoms with Gasteiger partial charge in [0.05, 0.1) is 16.1 Å². The average molecular weight is 305 g/mol. The lowest BCUT2D eigenvalue weighted by Crippen LogP contribution is -2.15. The zero-order valence-electron chi connectivity index (χ0n) is 10.8. The van der Waals surface area contributed by atoms with Gasteiger partial charge in [0, 0.05) is 17.7 Å². The summed E-state index contributed by atoms with van der Waals surface area (Å²) >= 11 is 6.07. The van der Waals surface area contributed by atoms with E-state index >= 15 is 0 Å². The third-order valence-corrected chi connectivity index (χ3v) is 3.64. The van der Waals surface area contributed by atoms with Gasteiger partial charge in [-0.25, -0.2) is 9.37 Å². The molecule has 0 amide bonds. The van der Waals surface area contributed by atoms with Crippen molar-refractivity contribution in [1.82, 2.24) is 9.97 Å². The molecule has 0 fully saturated rings. The maximum atomic E-state index is 13.1. The lowest BCUT2D eigenvalue weighted by molar-refractivity contribution is 0.172. The zero-order valence-corrected chi connectivity index (χ0v) is 11.6. The monoisotopic (exact) mass is 304 g/mol. The minimum Gasteiger partial charge on any atom is -0.486 e. The van der Waals surface area contributed by atoms with Crippen LogP contribution in [0.25, 0.3) is 22.4 Å². The second-order valence-electron chi connectivity index (χ2n) is 4.72. The van der Waals surface area contributed by atoms with Crippen LogP contribution in [0.4, 0.5) is 4.39 Å². The first-order valence-electron chi connectivity index (χ1n) is 6.45. The van der Waals surface area contributed by atoms with Crippen LogP contribution in [-0.2, 0) is 0 Å². The Morgan fingerprint density at radius 1 is 1.10 bits per heavy atom. The van der Waals surface area contributed by atoms with E-state index in [9.17, 15) is 4.39 Å².